The molecule has 0 bridgehead atoms. The molecule has 1 aromatic heterocycles. The molecule has 1 unspecified atom stereocenters. The molecule has 0 saturated heterocycles. The Morgan fingerprint density at radius 2 is 2.21 bits per heavy atom. The van der Waals surface area contributed by atoms with Gasteiger partial charge in [0.2, 0.25) is 0 Å². The molecule has 0 aliphatic heterocycles. The molecule has 14 heavy (non-hydrogen) atoms. The number of likely N-dealkylation sites (N-methyl/N-ethyl adjacent to an activating group) is 1. The second-order valence-corrected chi connectivity index (χ2v) is 6.20. The fraction of sp³-hybridized carbons (Fsp3) is 0.600. The zero-order valence-electron chi connectivity index (χ0n) is 8.88. The molecule has 0 fully saturated rings. The predicted molar refractivity (Wildman–Crippen MR) is 66.9 cm³/mol. The Labute approximate surface area is 98.4 Å². The molecule has 1 aromatic rings. The van der Waals surface area contributed by atoms with Crippen LogP contribution in [0.25, 0.3) is 0 Å². The van der Waals surface area contributed by atoms with E-state index >= 15 is 0 Å². The van der Waals surface area contributed by atoms with Gasteiger partial charge < -0.3 is 10.2 Å². The molecular formula is C10H17BrN2S. The number of halogens is 1. The van der Waals surface area contributed by atoms with Crippen LogP contribution < -0.4 is 5.32 Å². The van der Waals surface area contributed by atoms with Gasteiger partial charge in [-0.2, -0.15) is 0 Å². The zero-order chi connectivity index (χ0) is 10.6. The van der Waals surface area contributed by atoms with Crippen LogP contribution in [0.15, 0.2) is 15.9 Å². The number of hydrogen-bond donors (Lipinski definition) is 1. The molecule has 0 radical (unpaired) electrons. The number of hydrogen-bond acceptors (Lipinski definition) is 3. The van der Waals surface area contributed by atoms with E-state index in [9.17, 15) is 0 Å². The maximum atomic E-state index is 3.46. The van der Waals surface area contributed by atoms with Crippen molar-refractivity contribution in [1.29, 1.82) is 0 Å². The fourth-order valence-corrected chi connectivity index (χ4v) is 2.49. The third-order valence-corrected chi connectivity index (χ3v) is 3.87. The van der Waals surface area contributed by atoms with Crippen molar-refractivity contribution in [2.75, 3.05) is 20.6 Å². The van der Waals surface area contributed by atoms with Crippen LogP contribution in [-0.2, 0) is 6.54 Å². The molecule has 1 N–H and O–H groups in total. The van der Waals surface area contributed by atoms with Crippen molar-refractivity contribution in [2.24, 2.45) is 0 Å². The van der Waals surface area contributed by atoms with Crippen LogP contribution in [0, 0.1) is 0 Å². The van der Waals surface area contributed by atoms with Crippen molar-refractivity contribution in [3.63, 3.8) is 0 Å². The maximum Gasteiger partial charge on any atom is 0.0701 e. The van der Waals surface area contributed by atoms with Gasteiger partial charge in [-0.25, -0.2) is 0 Å². The van der Waals surface area contributed by atoms with Gasteiger partial charge in [-0.15, -0.1) is 11.3 Å². The number of nitrogens with zero attached hydrogens (tertiary/aromatic N) is 1. The van der Waals surface area contributed by atoms with Crippen LogP contribution in [0.4, 0.5) is 0 Å². The Balaban J connectivity index is 2.22. The Morgan fingerprint density at radius 3 is 2.71 bits per heavy atom. The molecular weight excluding hydrogens is 260 g/mol. The first-order chi connectivity index (χ1) is 6.59. The molecule has 0 aliphatic carbocycles. The van der Waals surface area contributed by atoms with E-state index in [0.29, 0.717) is 6.04 Å². The summed E-state index contributed by atoms with van der Waals surface area (Å²) in [7, 11) is 4.21. The lowest BCUT2D eigenvalue weighted by molar-refractivity contribution is 0.303. The van der Waals surface area contributed by atoms with Gasteiger partial charge in [0.25, 0.3) is 0 Å². The first-order valence-corrected chi connectivity index (χ1v) is 6.32. The van der Waals surface area contributed by atoms with Gasteiger partial charge in [-0.05, 0) is 49.1 Å². The average Bonchev–Trinajstić information content (AvgIpc) is 2.51. The number of nitrogens with one attached hydrogen (secondary N) is 1. The summed E-state index contributed by atoms with van der Waals surface area (Å²) in [6.07, 6.45) is 0. The highest BCUT2D eigenvalue weighted by Crippen LogP contribution is 2.21. The van der Waals surface area contributed by atoms with Crippen LogP contribution in [0.5, 0.6) is 0 Å². The third-order valence-electron chi connectivity index (χ3n) is 2.25. The number of rotatable bonds is 5. The van der Waals surface area contributed by atoms with Crippen LogP contribution >= 0.6 is 27.3 Å². The molecule has 1 atom stereocenters. The normalized spacial score (nSPS) is 13.5. The third kappa shape index (κ3) is 4.09. The summed E-state index contributed by atoms with van der Waals surface area (Å²) in [5.74, 6) is 0. The van der Waals surface area contributed by atoms with E-state index in [1.165, 1.54) is 8.66 Å². The van der Waals surface area contributed by atoms with Crippen molar-refractivity contribution in [1.82, 2.24) is 10.2 Å². The van der Waals surface area contributed by atoms with Crippen molar-refractivity contribution in [3.8, 4) is 0 Å². The summed E-state index contributed by atoms with van der Waals surface area (Å²) in [6.45, 7) is 4.22. The highest BCUT2D eigenvalue weighted by Gasteiger charge is 2.03. The van der Waals surface area contributed by atoms with Crippen molar-refractivity contribution < 1.29 is 0 Å². The van der Waals surface area contributed by atoms with Crippen LogP contribution in [-0.4, -0.2) is 31.6 Å². The monoisotopic (exact) mass is 276 g/mol. The molecule has 80 valence electrons. The molecule has 0 aliphatic rings. The Morgan fingerprint density at radius 1 is 1.50 bits per heavy atom. The highest BCUT2D eigenvalue weighted by atomic mass is 79.9. The second-order valence-electron chi connectivity index (χ2n) is 3.65. The molecule has 0 aromatic carbocycles. The Hall–Kier alpha value is 0.1000. The Kier molecular flexibility index (Phi) is 5.09. The quantitative estimate of drug-likeness (QED) is 0.889. The zero-order valence-corrected chi connectivity index (χ0v) is 11.3. The van der Waals surface area contributed by atoms with Gasteiger partial charge in [-0.3, -0.25) is 0 Å². The standard InChI is InChI=1S/C10H17BrN2S/c1-8(13(2)3)6-12-7-9-4-5-10(11)14-9/h4-5,8,12H,6-7H2,1-3H3. The SMILES string of the molecule is CC(CNCc1ccc(Br)s1)N(C)C. The minimum Gasteiger partial charge on any atom is -0.310 e. The molecule has 1 rings (SSSR count). The first-order valence-electron chi connectivity index (χ1n) is 4.71. The molecule has 1 heterocycles. The van der Waals surface area contributed by atoms with E-state index in [0.717, 1.165) is 13.1 Å². The van der Waals surface area contributed by atoms with E-state index in [-0.39, 0.29) is 0 Å². The lowest BCUT2D eigenvalue weighted by Gasteiger charge is -2.19. The van der Waals surface area contributed by atoms with Gasteiger partial charge in [0.1, 0.15) is 0 Å². The predicted octanol–water partition coefficient (Wildman–Crippen LogP) is 2.55. The lowest BCUT2D eigenvalue weighted by atomic mass is 10.3. The topological polar surface area (TPSA) is 15.3 Å². The minimum absolute atomic E-state index is 0.582. The summed E-state index contributed by atoms with van der Waals surface area (Å²) in [5.41, 5.74) is 0. The maximum absolute atomic E-state index is 3.46. The smallest absolute Gasteiger partial charge is 0.0701 e. The first kappa shape index (κ1) is 12.2. The summed E-state index contributed by atoms with van der Waals surface area (Å²) >= 11 is 5.25. The van der Waals surface area contributed by atoms with E-state index in [1.807, 2.05) is 0 Å². The summed E-state index contributed by atoms with van der Waals surface area (Å²) in [6, 6.07) is 4.83. The summed E-state index contributed by atoms with van der Waals surface area (Å²) in [5, 5.41) is 3.44. The van der Waals surface area contributed by atoms with E-state index < -0.39 is 0 Å². The van der Waals surface area contributed by atoms with Gasteiger partial charge in [0.05, 0.1) is 3.79 Å². The Bertz CT molecular complexity index is 273. The number of thiophene rings is 1. The molecule has 0 spiro atoms. The second kappa shape index (κ2) is 5.85. The van der Waals surface area contributed by atoms with Gasteiger partial charge >= 0.3 is 0 Å². The van der Waals surface area contributed by atoms with Gasteiger partial charge in [-0.1, -0.05) is 0 Å². The molecule has 0 amide bonds. The summed E-state index contributed by atoms with van der Waals surface area (Å²) in [4.78, 5) is 3.60. The molecule has 0 saturated carbocycles. The van der Waals surface area contributed by atoms with E-state index in [1.54, 1.807) is 11.3 Å². The van der Waals surface area contributed by atoms with Crippen molar-refractivity contribution >= 4 is 27.3 Å². The van der Waals surface area contributed by atoms with Crippen LogP contribution in [0.2, 0.25) is 0 Å². The van der Waals surface area contributed by atoms with Crippen molar-refractivity contribution in [3.05, 3.63) is 20.8 Å². The van der Waals surface area contributed by atoms with Gasteiger partial charge in [0, 0.05) is 24.0 Å². The average molecular weight is 277 g/mol. The van der Waals surface area contributed by atoms with Gasteiger partial charge in [0.15, 0.2) is 0 Å². The molecule has 2 nitrogen and oxygen atoms in total. The molecule has 4 heteroatoms. The van der Waals surface area contributed by atoms with Crippen molar-refractivity contribution in [2.45, 2.75) is 19.5 Å². The summed E-state index contributed by atoms with van der Waals surface area (Å²) < 4.78 is 1.20. The largest absolute Gasteiger partial charge is 0.310 e. The fourth-order valence-electron chi connectivity index (χ4n) is 1.03. The lowest BCUT2D eigenvalue weighted by Crippen LogP contribution is -2.34. The van der Waals surface area contributed by atoms with Crippen LogP contribution in [0.1, 0.15) is 11.8 Å². The van der Waals surface area contributed by atoms with Crippen LogP contribution in [0.3, 0.4) is 0 Å². The van der Waals surface area contributed by atoms with E-state index in [2.05, 4.69) is 59.3 Å². The highest BCUT2D eigenvalue weighted by molar-refractivity contribution is 9.11. The van der Waals surface area contributed by atoms with E-state index in [4.69, 9.17) is 0 Å². The minimum atomic E-state index is 0.582.